The van der Waals surface area contributed by atoms with Crippen LogP contribution in [0.15, 0.2) is 0 Å². The van der Waals surface area contributed by atoms with Crippen LogP contribution in [0.2, 0.25) is 0 Å². The molecule has 20 heavy (non-hydrogen) atoms. The van der Waals surface area contributed by atoms with E-state index in [9.17, 15) is 0 Å². The molecule has 0 radical (unpaired) electrons. The van der Waals surface area contributed by atoms with E-state index in [0.29, 0.717) is 24.6 Å². The maximum atomic E-state index is 5.27. The molecule has 0 saturated heterocycles. The minimum atomic E-state index is 0.474. The predicted molar refractivity (Wildman–Crippen MR) is 87.5 cm³/mol. The number of methoxy groups -OCH3 is 1. The molecule has 1 aromatic heterocycles. The molecule has 1 rings (SSSR count). The van der Waals surface area contributed by atoms with E-state index in [-0.39, 0.29) is 0 Å². The highest BCUT2D eigenvalue weighted by atomic mass is 32.1. The van der Waals surface area contributed by atoms with Crippen molar-refractivity contribution >= 4 is 16.5 Å². The van der Waals surface area contributed by atoms with Gasteiger partial charge in [0.15, 0.2) is 5.13 Å². The average Bonchev–Trinajstić information content (AvgIpc) is 2.78. The topological polar surface area (TPSA) is 37.4 Å². The number of nitrogens with one attached hydrogen (secondary N) is 1. The predicted octanol–water partition coefficient (Wildman–Crippen LogP) is 3.27. The van der Waals surface area contributed by atoms with Crippen LogP contribution in [0.4, 0.5) is 5.13 Å². The molecule has 1 unspecified atom stereocenters. The maximum Gasteiger partial charge on any atom is 0.185 e. The van der Waals surface area contributed by atoms with Gasteiger partial charge in [0.25, 0.3) is 0 Å². The molecule has 0 aliphatic carbocycles. The Balaban J connectivity index is 2.89. The van der Waals surface area contributed by atoms with Gasteiger partial charge in [-0.2, -0.15) is 0 Å². The highest BCUT2D eigenvalue weighted by Crippen LogP contribution is 2.28. The number of ether oxygens (including phenoxy) is 1. The van der Waals surface area contributed by atoms with Crippen LogP contribution in [-0.2, 0) is 17.9 Å². The van der Waals surface area contributed by atoms with E-state index in [2.05, 4.69) is 51.9 Å². The Morgan fingerprint density at radius 2 is 1.90 bits per heavy atom. The van der Waals surface area contributed by atoms with Crippen molar-refractivity contribution in [2.75, 3.05) is 19.1 Å². The van der Waals surface area contributed by atoms with Gasteiger partial charge >= 0.3 is 0 Å². The third-order valence-corrected chi connectivity index (χ3v) is 4.78. The Kier molecular flexibility index (Phi) is 6.92. The quantitative estimate of drug-likeness (QED) is 0.799. The van der Waals surface area contributed by atoms with Gasteiger partial charge in [-0.3, -0.25) is 0 Å². The zero-order chi connectivity index (χ0) is 15.3. The lowest BCUT2D eigenvalue weighted by Gasteiger charge is -2.27. The van der Waals surface area contributed by atoms with Gasteiger partial charge in [-0.25, -0.2) is 4.98 Å². The van der Waals surface area contributed by atoms with Gasteiger partial charge in [-0.15, -0.1) is 11.3 Å². The summed E-state index contributed by atoms with van der Waals surface area (Å²) in [6.45, 7) is 12.5. The number of aromatic nitrogens is 1. The maximum absolute atomic E-state index is 5.27. The van der Waals surface area contributed by atoms with E-state index < -0.39 is 0 Å². The molecule has 0 saturated carbocycles. The first-order valence-corrected chi connectivity index (χ1v) is 8.12. The molecule has 1 atom stereocenters. The molecule has 0 aromatic carbocycles. The summed E-state index contributed by atoms with van der Waals surface area (Å²) in [5, 5.41) is 4.54. The molecule has 0 fully saturated rings. The fourth-order valence-corrected chi connectivity index (χ4v) is 2.89. The lowest BCUT2D eigenvalue weighted by molar-refractivity contribution is 0.181. The number of thiazole rings is 1. The molecule has 4 nitrogen and oxygen atoms in total. The smallest absolute Gasteiger partial charge is 0.185 e. The Morgan fingerprint density at radius 3 is 2.40 bits per heavy atom. The van der Waals surface area contributed by atoms with E-state index in [1.54, 1.807) is 18.4 Å². The number of hydrogen-bond donors (Lipinski definition) is 1. The molecule has 0 amide bonds. The molecule has 1 aromatic rings. The highest BCUT2D eigenvalue weighted by molar-refractivity contribution is 7.15. The molecule has 0 aliphatic heterocycles. The largest absolute Gasteiger partial charge is 0.378 e. The Hall–Kier alpha value is -0.650. The lowest BCUT2D eigenvalue weighted by atomic mass is 10.1. The summed E-state index contributed by atoms with van der Waals surface area (Å²) in [5.74, 6) is 0.604. The molecular formula is C15H29N3OS. The van der Waals surface area contributed by atoms with Crippen LogP contribution < -0.4 is 10.2 Å². The second kappa shape index (κ2) is 7.96. The summed E-state index contributed by atoms with van der Waals surface area (Å²) in [7, 11) is 3.85. The normalized spacial score (nSPS) is 13.2. The van der Waals surface area contributed by atoms with E-state index in [0.717, 1.165) is 17.4 Å². The van der Waals surface area contributed by atoms with Gasteiger partial charge in [-0.1, -0.05) is 27.7 Å². The van der Waals surface area contributed by atoms with E-state index in [1.807, 2.05) is 0 Å². The standard InChI is InChI=1S/C15H29N3OS/c1-10(2)12(5)18(6)15-17-13(9-19-7)14(20-15)8-16-11(3)4/h10-12,16H,8-9H2,1-7H3. The second-order valence-electron chi connectivity index (χ2n) is 5.93. The number of nitrogens with zero attached hydrogens (tertiary/aromatic N) is 2. The van der Waals surface area contributed by atoms with Crippen molar-refractivity contribution in [1.82, 2.24) is 10.3 Å². The minimum Gasteiger partial charge on any atom is -0.378 e. The summed E-state index contributed by atoms with van der Waals surface area (Å²) < 4.78 is 5.27. The first-order valence-electron chi connectivity index (χ1n) is 7.30. The Bertz CT molecular complexity index is 404. The first kappa shape index (κ1) is 17.4. The van der Waals surface area contributed by atoms with Crippen LogP contribution in [0.5, 0.6) is 0 Å². The third-order valence-electron chi connectivity index (χ3n) is 3.60. The molecular weight excluding hydrogens is 270 g/mol. The summed E-state index contributed by atoms with van der Waals surface area (Å²) in [6, 6.07) is 0.950. The minimum absolute atomic E-state index is 0.474. The fourth-order valence-electron chi connectivity index (χ4n) is 1.83. The van der Waals surface area contributed by atoms with Crippen LogP contribution >= 0.6 is 11.3 Å². The first-order chi connectivity index (χ1) is 9.36. The van der Waals surface area contributed by atoms with Crippen molar-refractivity contribution in [2.45, 2.75) is 59.9 Å². The van der Waals surface area contributed by atoms with E-state index >= 15 is 0 Å². The summed E-state index contributed by atoms with van der Waals surface area (Å²) in [6.07, 6.45) is 0. The van der Waals surface area contributed by atoms with Gasteiger partial charge in [0.1, 0.15) is 0 Å². The lowest BCUT2D eigenvalue weighted by Crippen LogP contribution is -2.33. The van der Waals surface area contributed by atoms with Gasteiger partial charge in [0, 0.05) is 37.7 Å². The highest BCUT2D eigenvalue weighted by Gasteiger charge is 2.19. The van der Waals surface area contributed by atoms with Crippen molar-refractivity contribution in [1.29, 1.82) is 0 Å². The van der Waals surface area contributed by atoms with Crippen LogP contribution in [0.1, 0.15) is 45.2 Å². The number of anilines is 1. The van der Waals surface area contributed by atoms with Crippen LogP contribution in [-0.4, -0.2) is 31.2 Å². The Morgan fingerprint density at radius 1 is 1.25 bits per heavy atom. The van der Waals surface area contributed by atoms with E-state index in [4.69, 9.17) is 9.72 Å². The summed E-state index contributed by atoms with van der Waals surface area (Å²) in [5.41, 5.74) is 1.06. The average molecular weight is 299 g/mol. The van der Waals surface area contributed by atoms with Crippen LogP contribution in [0.25, 0.3) is 0 Å². The molecule has 116 valence electrons. The van der Waals surface area contributed by atoms with Gasteiger partial charge in [0.05, 0.1) is 12.3 Å². The van der Waals surface area contributed by atoms with Crippen LogP contribution in [0, 0.1) is 5.92 Å². The monoisotopic (exact) mass is 299 g/mol. The third kappa shape index (κ3) is 4.72. The van der Waals surface area contributed by atoms with Crippen molar-refractivity contribution < 1.29 is 4.74 Å². The summed E-state index contributed by atoms with van der Waals surface area (Å²) in [4.78, 5) is 8.31. The van der Waals surface area contributed by atoms with Crippen molar-refractivity contribution in [3.63, 3.8) is 0 Å². The molecule has 0 spiro atoms. The van der Waals surface area contributed by atoms with E-state index in [1.165, 1.54) is 4.88 Å². The van der Waals surface area contributed by atoms with Gasteiger partial charge in [0.2, 0.25) is 0 Å². The van der Waals surface area contributed by atoms with Gasteiger partial charge in [-0.05, 0) is 12.8 Å². The zero-order valence-corrected chi connectivity index (χ0v) is 14.7. The Labute approximate surface area is 127 Å². The molecule has 0 bridgehead atoms. The molecule has 1 N–H and O–H groups in total. The second-order valence-corrected chi connectivity index (χ2v) is 6.99. The molecule has 5 heteroatoms. The van der Waals surface area contributed by atoms with Gasteiger partial charge < -0.3 is 15.0 Å². The molecule has 0 aliphatic rings. The summed E-state index contributed by atoms with van der Waals surface area (Å²) >= 11 is 1.77. The fraction of sp³-hybridized carbons (Fsp3) is 0.800. The number of rotatable bonds is 8. The zero-order valence-electron chi connectivity index (χ0n) is 13.9. The van der Waals surface area contributed by atoms with Crippen LogP contribution in [0.3, 0.4) is 0 Å². The molecule has 1 heterocycles. The number of hydrogen-bond acceptors (Lipinski definition) is 5. The SMILES string of the molecule is COCc1nc(N(C)C(C)C(C)C)sc1CNC(C)C. The van der Waals surface area contributed by atoms with Crippen molar-refractivity contribution in [3.8, 4) is 0 Å². The van der Waals surface area contributed by atoms with Crippen molar-refractivity contribution in [2.24, 2.45) is 5.92 Å². The van der Waals surface area contributed by atoms with Crippen molar-refractivity contribution in [3.05, 3.63) is 10.6 Å².